The molecule has 0 spiro atoms. The lowest BCUT2D eigenvalue weighted by Crippen LogP contribution is -2.29. The number of hydrogen-bond acceptors (Lipinski definition) is 4. The van der Waals surface area contributed by atoms with Gasteiger partial charge in [-0.3, -0.25) is 9.79 Å². The Bertz CT molecular complexity index is 388. The van der Waals surface area contributed by atoms with Crippen molar-refractivity contribution in [3.8, 4) is 0 Å². The number of nitrogens with zero attached hydrogens (tertiary/aromatic N) is 3. The van der Waals surface area contributed by atoms with Crippen LogP contribution >= 0.6 is 11.8 Å². The summed E-state index contributed by atoms with van der Waals surface area (Å²) in [5.74, 6) is 0.974. The van der Waals surface area contributed by atoms with E-state index in [1.54, 1.807) is 24.3 Å². The minimum absolute atomic E-state index is 0.00866. The van der Waals surface area contributed by atoms with Crippen molar-refractivity contribution in [2.75, 3.05) is 12.3 Å². The van der Waals surface area contributed by atoms with Crippen molar-refractivity contribution in [2.24, 2.45) is 4.99 Å². The van der Waals surface area contributed by atoms with E-state index >= 15 is 0 Å². The third-order valence-corrected chi connectivity index (χ3v) is 3.24. The molecule has 1 aromatic heterocycles. The molecule has 0 saturated heterocycles. The monoisotopic (exact) mass is 238 g/mol. The lowest BCUT2D eigenvalue weighted by atomic mass is 10.2. The van der Waals surface area contributed by atoms with E-state index in [0.717, 1.165) is 17.5 Å². The third-order valence-electron chi connectivity index (χ3n) is 2.35. The number of nitrogens with one attached hydrogen (secondary N) is 1. The highest BCUT2D eigenvalue weighted by molar-refractivity contribution is 8.14. The quantitative estimate of drug-likeness (QED) is 0.856. The summed E-state index contributed by atoms with van der Waals surface area (Å²) in [6.45, 7) is 2.79. The van der Waals surface area contributed by atoms with E-state index in [4.69, 9.17) is 0 Å². The molecule has 0 bridgehead atoms. The van der Waals surface area contributed by atoms with Crippen molar-refractivity contribution in [1.82, 2.24) is 14.9 Å². The molecule has 2 heterocycles. The van der Waals surface area contributed by atoms with Gasteiger partial charge in [0.15, 0.2) is 5.17 Å². The first-order valence-corrected chi connectivity index (χ1v) is 6.19. The molecule has 1 atom stereocenters. The lowest BCUT2D eigenvalue weighted by molar-refractivity contribution is -0.120. The van der Waals surface area contributed by atoms with Crippen LogP contribution in [-0.4, -0.2) is 32.9 Å². The Labute approximate surface area is 98.3 Å². The highest BCUT2D eigenvalue weighted by Gasteiger charge is 2.14. The van der Waals surface area contributed by atoms with Gasteiger partial charge in [0.25, 0.3) is 0 Å². The summed E-state index contributed by atoms with van der Waals surface area (Å²) in [7, 11) is 0. The van der Waals surface area contributed by atoms with E-state index in [-0.39, 0.29) is 11.9 Å². The molecule has 6 heteroatoms. The molecule has 1 aliphatic rings. The number of rotatable bonds is 3. The van der Waals surface area contributed by atoms with Gasteiger partial charge in [0.05, 0.1) is 12.9 Å². The van der Waals surface area contributed by atoms with Gasteiger partial charge in [0.1, 0.15) is 0 Å². The molecule has 0 fully saturated rings. The van der Waals surface area contributed by atoms with Crippen LogP contribution in [0.5, 0.6) is 0 Å². The molecule has 0 unspecified atom stereocenters. The van der Waals surface area contributed by atoms with E-state index in [2.05, 4.69) is 15.3 Å². The van der Waals surface area contributed by atoms with Crippen molar-refractivity contribution < 1.29 is 4.79 Å². The predicted octanol–water partition coefficient (Wildman–Crippen LogP) is 1.05. The highest BCUT2D eigenvalue weighted by atomic mass is 32.2. The molecule has 0 aliphatic carbocycles. The van der Waals surface area contributed by atoms with Crippen LogP contribution in [-0.2, 0) is 4.79 Å². The predicted molar refractivity (Wildman–Crippen MR) is 64.5 cm³/mol. The minimum Gasteiger partial charge on any atom is -0.334 e. The topological polar surface area (TPSA) is 59.3 Å². The maximum absolute atomic E-state index is 11.7. The van der Waals surface area contributed by atoms with Gasteiger partial charge in [0, 0.05) is 30.6 Å². The van der Waals surface area contributed by atoms with Crippen molar-refractivity contribution in [3.63, 3.8) is 0 Å². The number of aliphatic imine (C=N–C) groups is 1. The zero-order chi connectivity index (χ0) is 11.4. The SMILES string of the molecule is C[C@H](CC(=O)NC1=NCCS1)n1ccnc1. The molecular formula is C10H14N4OS. The summed E-state index contributed by atoms with van der Waals surface area (Å²) in [5, 5.41) is 3.56. The van der Waals surface area contributed by atoms with Gasteiger partial charge in [-0.1, -0.05) is 11.8 Å². The number of hydrogen-bond donors (Lipinski definition) is 1. The molecule has 1 N–H and O–H groups in total. The summed E-state index contributed by atoms with van der Waals surface area (Å²) in [4.78, 5) is 19.8. The Morgan fingerprint density at radius 3 is 3.25 bits per heavy atom. The van der Waals surface area contributed by atoms with Crippen molar-refractivity contribution in [2.45, 2.75) is 19.4 Å². The van der Waals surface area contributed by atoms with E-state index in [0.29, 0.717) is 6.42 Å². The normalized spacial score (nSPS) is 16.9. The molecule has 16 heavy (non-hydrogen) atoms. The molecule has 1 amide bonds. The summed E-state index contributed by atoms with van der Waals surface area (Å²) >= 11 is 1.59. The first-order chi connectivity index (χ1) is 7.75. The largest absolute Gasteiger partial charge is 0.334 e. The maximum atomic E-state index is 11.7. The van der Waals surface area contributed by atoms with E-state index in [1.165, 1.54) is 0 Å². The van der Waals surface area contributed by atoms with Crippen molar-refractivity contribution >= 4 is 22.8 Å². The number of aromatic nitrogens is 2. The standard InChI is InChI=1S/C10H14N4OS/c1-8(14-4-2-11-7-14)6-9(15)13-10-12-3-5-16-10/h2,4,7-8H,3,5-6H2,1H3,(H,12,13,15)/t8-/m1/s1. The second kappa shape index (κ2) is 5.16. The fraction of sp³-hybridized carbons (Fsp3) is 0.500. The Morgan fingerprint density at radius 2 is 2.62 bits per heavy atom. The Hall–Kier alpha value is -1.30. The number of amidine groups is 1. The summed E-state index contributed by atoms with van der Waals surface area (Å²) in [6.07, 6.45) is 5.74. The zero-order valence-corrected chi connectivity index (χ0v) is 9.91. The number of imidazole rings is 1. The number of amides is 1. The summed E-state index contributed by atoms with van der Waals surface area (Å²) < 4.78 is 1.92. The number of carbonyl (C=O) groups is 1. The fourth-order valence-corrected chi connectivity index (χ4v) is 2.23. The zero-order valence-electron chi connectivity index (χ0n) is 9.09. The Kier molecular flexibility index (Phi) is 3.61. The average Bonchev–Trinajstić information content (AvgIpc) is 2.88. The summed E-state index contributed by atoms with van der Waals surface area (Å²) in [5.41, 5.74) is 0. The molecule has 0 radical (unpaired) electrons. The first-order valence-electron chi connectivity index (χ1n) is 5.20. The molecule has 86 valence electrons. The molecule has 1 aromatic rings. The van der Waals surface area contributed by atoms with Crippen LogP contribution in [0.2, 0.25) is 0 Å². The fourth-order valence-electron chi connectivity index (χ4n) is 1.48. The van der Waals surface area contributed by atoms with Gasteiger partial charge >= 0.3 is 0 Å². The number of carbonyl (C=O) groups excluding carboxylic acids is 1. The van der Waals surface area contributed by atoms with Crippen LogP contribution < -0.4 is 5.32 Å². The molecular weight excluding hydrogens is 224 g/mol. The van der Waals surface area contributed by atoms with Gasteiger partial charge < -0.3 is 9.88 Å². The van der Waals surface area contributed by atoms with Crippen LogP contribution in [0.1, 0.15) is 19.4 Å². The summed E-state index contributed by atoms with van der Waals surface area (Å²) in [6, 6.07) is 0.120. The van der Waals surface area contributed by atoms with Gasteiger partial charge in [-0.25, -0.2) is 4.98 Å². The minimum atomic E-state index is 0.00866. The van der Waals surface area contributed by atoms with Crippen molar-refractivity contribution in [3.05, 3.63) is 18.7 Å². The van der Waals surface area contributed by atoms with Gasteiger partial charge in [-0.15, -0.1) is 0 Å². The smallest absolute Gasteiger partial charge is 0.227 e. The second-order valence-electron chi connectivity index (χ2n) is 3.65. The average molecular weight is 238 g/mol. The van der Waals surface area contributed by atoms with Crippen molar-refractivity contribution in [1.29, 1.82) is 0 Å². The molecule has 0 saturated carbocycles. The van der Waals surface area contributed by atoms with Gasteiger partial charge in [0.2, 0.25) is 5.91 Å². The van der Waals surface area contributed by atoms with E-state index in [9.17, 15) is 4.79 Å². The van der Waals surface area contributed by atoms with Gasteiger partial charge in [-0.2, -0.15) is 0 Å². The van der Waals surface area contributed by atoms with Crippen LogP contribution in [0.4, 0.5) is 0 Å². The number of thioether (sulfide) groups is 1. The van der Waals surface area contributed by atoms with E-state index in [1.807, 2.05) is 17.7 Å². The first kappa shape index (κ1) is 11.2. The third kappa shape index (κ3) is 2.85. The maximum Gasteiger partial charge on any atom is 0.227 e. The van der Waals surface area contributed by atoms with Crippen LogP contribution in [0.15, 0.2) is 23.7 Å². The molecule has 2 rings (SSSR count). The molecule has 0 aromatic carbocycles. The highest BCUT2D eigenvalue weighted by Crippen LogP contribution is 2.12. The van der Waals surface area contributed by atoms with Crippen LogP contribution in [0, 0.1) is 0 Å². The molecule has 5 nitrogen and oxygen atoms in total. The second-order valence-corrected chi connectivity index (χ2v) is 4.73. The van der Waals surface area contributed by atoms with Gasteiger partial charge in [-0.05, 0) is 6.92 Å². The molecule has 1 aliphatic heterocycles. The van der Waals surface area contributed by atoms with E-state index < -0.39 is 0 Å². The Balaban J connectivity index is 1.83. The Morgan fingerprint density at radius 1 is 1.75 bits per heavy atom. The lowest BCUT2D eigenvalue weighted by Gasteiger charge is -2.12. The van der Waals surface area contributed by atoms with Crippen LogP contribution in [0.3, 0.4) is 0 Å². The van der Waals surface area contributed by atoms with Crippen LogP contribution in [0.25, 0.3) is 0 Å².